The molecule has 3 rings (SSSR count). The number of pyridine rings is 1. The van der Waals surface area contributed by atoms with Crippen LogP contribution in [-0.2, 0) is 6.42 Å². The minimum atomic E-state index is 0.219. The number of fused-ring (bicyclic) bond motifs is 1. The van der Waals surface area contributed by atoms with Crippen LogP contribution in [0.5, 0.6) is 5.75 Å². The molecule has 0 unspecified atom stereocenters. The zero-order valence-corrected chi connectivity index (χ0v) is 11.7. The SMILES string of the molecule is CCOc1cccnc1-n1c(CC#N)nc2ccccc21. The highest BCUT2D eigenvalue weighted by Crippen LogP contribution is 2.26. The second-order valence-corrected chi connectivity index (χ2v) is 4.45. The second-order valence-electron chi connectivity index (χ2n) is 4.45. The summed E-state index contributed by atoms with van der Waals surface area (Å²) in [5.74, 6) is 2.01. The van der Waals surface area contributed by atoms with Crippen molar-refractivity contribution in [3.63, 3.8) is 0 Å². The third-order valence-electron chi connectivity index (χ3n) is 3.13. The molecule has 0 fully saturated rings. The van der Waals surface area contributed by atoms with Gasteiger partial charge in [0.1, 0.15) is 5.82 Å². The van der Waals surface area contributed by atoms with Gasteiger partial charge in [-0.05, 0) is 31.2 Å². The molecule has 3 aromatic rings. The van der Waals surface area contributed by atoms with Crippen LogP contribution in [0.15, 0.2) is 42.6 Å². The molecule has 104 valence electrons. The van der Waals surface area contributed by atoms with Crippen LogP contribution in [0.3, 0.4) is 0 Å². The number of aromatic nitrogens is 3. The molecule has 0 aliphatic heterocycles. The van der Waals surface area contributed by atoms with Crippen LogP contribution in [-0.4, -0.2) is 21.1 Å². The first-order valence-corrected chi connectivity index (χ1v) is 6.76. The molecule has 0 radical (unpaired) electrons. The number of hydrogen-bond donors (Lipinski definition) is 0. The summed E-state index contributed by atoms with van der Waals surface area (Å²) >= 11 is 0. The normalized spacial score (nSPS) is 10.5. The Kier molecular flexibility index (Phi) is 3.52. The maximum atomic E-state index is 9.03. The molecule has 0 aliphatic carbocycles. The zero-order valence-electron chi connectivity index (χ0n) is 11.7. The maximum Gasteiger partial charge on any atom is 0.181 e. The lowest BCUT2D eigenvalue weighted by Gasteiger charge is -2.12. The lowest BCUT2D eigenvalue weighted by atomic mass is 10.3. The van der Waals surface area contributed by atoms with Gasteiger partial charge in [0, 0.05) is 6.20 Å². The highest BCUT2D eigenvalue weighted by molar-refractivity contribution is 5.78. The number of ether oxygens (including phenoxy) is 1. The number of imidazole rings is 1. The van der Waals surface area contributed by atoms with Gasteiger partial charge in [-0.3, -0.25) is 4.57 Å². The molecule has 2 aromatic heterocycles. The first kappa shape index (κ1) is 13.1. The maximum absolute atomic E-state index is 9.03. The Hall–Kier alpha value is -2.87. The molecule has 5 nitrogen and oxygen atoms in total. The molecule has 0 aliphatic rings. The fourth-order valence-electron chi connectivity index (χ4n) is 2.32. The van der Waals surface area contributed by atoms with Gasteiger partial charge >= 0.3 is 0 Å². The lowest BCUT2D eigenvalue weighted by Crippen LogP contribution is -2.06. The van der Waals surface area contributed by atoms with Crippen LogP contribution in [0.4, 0.5) is 0 Å². The molecule has 0 amide bonds. The Balaban J connectivity index is 2.28. The first-order valence-electron chi connectivity index (χ1n) is 6.76. The van der Waals surface area contributed by atoms with Crippen LogP contribution in [0, 0.1) is 11.3 Å². The predicted molar refractivity (Wildman–Crippen MR) is 79.4 cm³/mol. The molecule has 0 spiro atoms. The topological polar surface area (TPSA) is 63.7 Å². The molecule has 0 atom stereocenters. The van der Waals surface area contributed by atoms with Gasteiger partial charge in [-0.2, -0.15) is 5.26 Å². The van der Waals surface area contributed by atoms with E-state index in [2.05, 4.69) is 16.0 Å². The predicted octanol–water partition coefficient (Wildman–Crippen LogP) is 2.89. The van der Waals surface area contributed by atoms with E-state index in [-0.39, 0.29) is 6.42 Å². The number of nitriles is 1. The van der Waals surface area contributed by atoms with Crippen LogP contribution >= 0.6 is 0 Å². The van der Waals surface area contributed by atoms with Gasteiger partial charge in [0.05, 0.1) is 30.1 Å². The fourth-order valence-corrected chi connectivity index (χ4v) is 2.32. The summed E-state index contributed by atoms with van der Waals surface area (Å²) in [6.07, 6.45) is 1.93. The molecule has 0 bridgehead atoms. The Morgan fingerprint density at radius 1 is 1.24 bits per heavy atom. The van der Waals surface area contributed by atoms with E-state index in [9.17, 15) is 0 Å². The van der Waals surface area contributed by atoms with Crippen molar-refractivity contribution in [2.24, 2.45) is 0 Å². The van der Waals surface area contributed by atoms with Gasteiger partial charge in [-0.15, -0.1) is 0 Å². The van der Waals surface area contributed by atoms with Crippen molar-refractivity contribution in [2.75, 3.05) is 6.61 Å². The molecule has 0 saturated heterocycles. The Bertz CT molecular complexity index is 817. The summed E-state index contributed by atoms with van der Waals surface area (Å²) in [6, 6.07) is 13.6. The molecule has 1 aromatic carbocycles. The molecule has 2 heterocycles. The van der Waals surface area contributed by atoms with Crippen LogP contribution in [0.1, 0.15) is 12.7 Å². The molecule has 5 heteroatoms. The number of rotatable bonds is 4. The average Bonchev–Trinajstić information content (AvgIpc) is 2.86. The van der Waals surface area contributed by atoms with Gasteiger partial charge in [0.25, 0.3) is 0 Å². The third-order valence-corrected chi connectivity index (χ3v) is 3.13. The van der Waals surface area contributed by atoms with E-state index in [1.54, 1.807) is 6.20 Å². The highest BCUT2D eigenvalue weighted by atomic mass is 16.5. The zero-order chi connectivity index (χ0) is 14.7. The van der Waals surface area contributed by atoms with Gasteiger partial charge in [0.15, 0.2) is 11.6 Å². The number of para-hydroxylation sites is 2. The molecule has 0 N–H and O–H groups in total. The van der Waals surface area contributed by atoms with Crippen LogP contribution < -0.4 is 4.74 Å². The minimum Gasteiger partial charge on any atom is -0.490 e. The van der Waals surface area contributed by atoms with Gasteiger partial charge in [-0.25, -0.2) is 9.97 Å². The Morgan fingerprint density at radius 3 is 2.90 bits per heavy atom. The van der Waals surface area contributed by atoms with E-state index in [4.69, 9.17) is 10.00 Å². The van der Waals surface area contributed by atoms with Crippen molar-refractivity contribution in [1.82, 2.24) is 14.5 Å². The van der Waals surface area contributed by atoms with Crippen molar-refractivity contribution in [1.29, 1.82) is 5.26 Å². The lowest BCUT2D eigenvalue weighted by molar-refractivity contribution is 0.337. The summed E-state index contributed by atoms with van der Waals surface area (Å²) in [7, 11) is 0. The van der Waals surface area contributed by atoms with E-state index < -0.39 is 0 Å². The quantitative estimate of drug-likeness (QED) is 0.736. The summed E-state index contributed by atoms with van der Waals surface area (Å²) in [6.45, 7) is 2.48. The fraction of sp³-hybridized carbons (Fsp3) is 0.188. The van der Waals surface area contributed by atoms with Gasteiger partial charge < -0.3 is 4.74 Å². The molecule has 0 saturated carbocycles. The van der Waals surface area contributed by atoms with Gasteiger partial charge in [0.2, 0.25) is 0 Å². The van der Waals surface area contributed by atoms with Gasteiger partial charge in [-0.1, -0.05) is 12.1 Å². The van der Waals surface area contributed by atoms with Crippen molar-refractivity contribution in [3.05, 3.63) is 48.4 Å². The van der Waals surface area contributed by atoms with Crippen molar-refractivity contribution < 1.29 is 4.74 Å². The minimum absolute atomic E-state index is 0.219. The molecular formula is C16H14N4O. The Morgan fingerprint density at radius 2 is 2.10 bits per heavy atom. The van der Waals surface area contributed by atoms with E-state index in [0.717, 1.165) is 11.0 Å². The largest absolute Gasteiger partial charge is 0.490 e. The average molecular weight is 278 g/mol. The highest BCUT2D eigenvalue weighted by Gasteiger charge is 2.16. The van der Waals surface area contributed by atoms with Crippen LogP contribution in [0.2, 0.25) is 0 Å². The van der Waals surface area contributed by atoms with Crippen molar-refractivity contribution in [3.8, 4) is 17.6 Å². The summed E-state index contributed by atoms with van der Waals surface area (Å²) in [4.78, 5) is 8.95. The van der Waals surface area contributed by atoms with E-state index in [1.165, 1.54) is 0 Å². The van der Waals surface area contributed by atoms with E-state index in [0.29, 0.717) is 24.0 Å². The van der Waals surface area contributed by atoms with Crippen molar-refractivity contribution in [2.45, 2.75) is 13.3 Å². The third kappa shape index (κ3) is 2.32. The van der Waals surface area contributed by atoms with Crippen LogP contribution in [0.25, 0.3) is 16.9 Å². The number of hydrogen-bond acceptors (Lipinski definition) is 4. The number of nitrogens with zero attached hydrogens (tertiary/aromatic N) is 4. The monoisotopic (exact) mass is 278 g/mol. The smallest absolute Gasteiger partial charge is 0.181 e. The first-order chi connectivity index (χ1) is 10.3. The summed E-state index contributed by atoms with van der Waals surface area (Å²) < 4.78 is 7.54. The second kappa shape index (κ2) is 5.63. The van der Waals surface area contributed by atoms with E-state index in [1.807, 2.05) is 47.9 Å². The number of benzene rings is 1. The Labute approximate surface area is 122 Å². The van der Waals surface area contributed by atoms with E-state index >= 15 is 0 Å². The summed E-state index contributed by atoms with van der Waals surface area (Å²) in [5.41, 5.74) is 1.76. The molecule has 21 heavy (non-hydrogen) atoms. The summed E-state index contributed by atoms with van der Waals surface area (Å²) in [5, 5.41) is 9.03. The molecular weight excluding hydrogens is 264 g/mol. The standard InChI is InChI=1S/C16H14N4O/c1-2-21-14-8-5-11-18-16(14)20-13-7-4-3-6-12(13)19-15(20)9-10-17/h3-8,11H,2,9H2,1H3. The van der Waals surface area contributed by atoms with Crippen molar-refractivity contribution >= 4 is 11.0 Å².